The second-order valence-corrected chi connectivity index (χ2v) is 3.89. The molecule has 1 aliphatic rings. The van der Waals surface area contributed by atoms with E-state index in [-0.39, 0.29) is 17.5 Å². The molecular weight excluding hydrogens is 200 g/mol. The molecule has 2 rings (SSSR count). The molecule has 1 aromatic rings. The van der Waals surface area contributed by atoms with Gasteiger partial charge in [0.05, 0.1) is 31.9 Å². The maximum atomic E-state index is 11.7. The zero-order valence-electron chi connectivity index (χ0n) is 8.56. The summed E-state index contributed by atoms with van der Waals surface area (Å²) < 4.78 is 9.59. The molecule has 1 N–H and O–H groups in total. The number of carbonyl (C=O) groups excluding carboxylic acids is 1. The fourth-order valence-corrected chi connectivity index (χ4v) is 1.53. The van der Waals surface area contributed by atoms with Gasteiger partial charge in [-0.25, -0.2) is 0 Å². The molecule has 82 valence electrons. The quantitative estimate of drug-likeness (QED) is 0.740. The maximum Gasteiger partial charge on any atom is 0.292 e. The topological polar surface area (TPSA) is 75.8 Å². The molecule has 0 bridgehead atoms. The molecule has 0 aliphatic carbocycles. The second kappa shape index (κ2) is 3.23. The monoisotopic (exact) mass is 212 g/mol. The van der Waals surface area contributed by atoms with Crippen LogP contribution in [0.15, 0.2) is 10.6 Å². The zero-order valence-corrected chi connectivity index (χ0v) is 8.56. The third kappa shape index (κ3) is 1.80. The van der Waals surface area contributed by atoms with Gasteiger partial charge in [0, 0.05) is 0 Å². The Kier molecular flexibility index (Phi) is 2.15. The lowest BCUT2D eigenvalue weighted by Crippen LogP contribution is -2.61. The number of carbonyl (C=O) groups is 1. The van der Waals surface area contributed by atoms with E-state index >= 15 is 0 Å². The minimum Gasteiger partial charge on any atom is -0.479 e. The summed E-state index contributed by atoms with van der Waals surface area (Å²) in [4.78, 5) is 13.2. The van der Waals surface area contributed by atoms with Crippen LogP contribution in [0, 0.1) is 0 Å². The molecule has 1 aliphatic heterocycles. The van der Waals surface area contributed by atoms with Gasteiger partial charge < -0.3 is 19.3 Å². The molecule has 6 heteroatoms. The van der Waals surface area contributed by atoms with Gasteiger partial charge in [-0.1, -0.05) is 0 Å². The van der Waals surface area contributed by atoms with Crippen molar-refractivity contribution in [3.05, 3.63) is 11.8 Å². The number of nitrogens with zero attached hydrogens (tertiary/aromatic N) is 2. The molecule has 1 amide bonds. The van der Waals surface area contributed by atoms with Gasteiger partial charge in [-0.3, -0.25) is 4.79 Å². The van der Waals surface area contributed by atoms with E-state index in [9.17, 15) is 9.90 Å². The Balaban J connectivity index is 2.03. The summed E-state index contributed by atoms with van der Waals surface area (Å²) in [5, 5.41) is 13.0. The summed E-state index contributed by atoms with van der Waals surface area (Å²) in [5.74, 6) is 0.116. The zero-order chi connectivity index (χ0) is 11.1. The first-order chi connectivity index (χ1) is 7.02. The van der Waals surface area contributed by atoms with E-state index in [2.05, 4.69) is 5.16 Å². The summed E-state index contributed by atoms with van der Waals surface area (Å²) >= 11 is 0. The average molecular weight is 212 g/mol. The number of rotatable bonds is 2. The van der Waals surface area contributed by atoms with E-state index in [1.54, 1.807) is 6.92 Å². The number of amides is 1. The van der Waals surface area contributed by atoms with Gasteiger partial charge in [0.1, 0.15) is 0 Å². The van der Waals surface area contributed by atoms with Gasteiger partial charge in [-0.15, -0.1) is 0 Å². The predicted octanol–water partition coefficient (Wildman–Crippen LogP) is -0.110. The first-order valence-electron chi connectivity index (χ1n) is 4.54. The fourth-order valence-electron chi connectivity index (χ4n) is 1.53. The van der Waals surface area contributed by atoms with Crippen LogP contribution in [0.4, 0.5) is 0 Å². The summed E-state index contributed by atoms with van der Waals surface area (Å²) in [5.41, 5.74) is -0.778. The Bertz CT molecular complexity index is 377. The molecule has 1 saturated heterocycles. The molecule has 0 unspecified atom stereocenters. The average Bonchev–Trinajstić information content (AvgIpc) is 2.61. The molecule has 0 aromatic carbocycles. The van der Waals surface area contributed by atoms with Crippen LogP contribution in [0.25, 0.3) is 0 Å². The smallest absolute Gasteiger partial charge is 0.292 e. The number of ether oxygens (including phenoxy) is 1. The Morgan fingerprint density at radius 3 is 2.87 bits per heavy atom. The fraction of sp³-hybridized carbons (Fsp3) is 0.556. The van der Waals surface area contributed by atoms with Crippen molar-refractivity contribution in [3.8, 4) is 5.88 Å². The van der Waals surface area contributed by atoms with Gasteiger partial charge in [0.25, 0.3) is 11.8 Å². The van der Waals surface area contributed by atoms with Crippen LogP contribution >= 0.6 is 0 Å². The van der Waals surface area contributed by atoms with E-state index in [0.29, 0.717) is 13.1 Å². The summed E-state index contributed by atoms with van der Waals surface area (Å²) in [6.07, 6.45) is 0. The highest BCUT2D eigenvalue weighted by atomic mass is 16.5. The lowest BCUT2D eigenvalue weighted by molar-refractivity contribution is -0.0680. The first kappa shape index (κ1) is 9.97. The molecule has 6 nitrogen and oxygen atoms in total. The van der Waals surface area contributed by atoms with Crippen LogP contribution in [0.3, 0.4) is 0 Å². The highest BCUT2D eigenvalue weighted by Crippen LogP contribution is 2.23. The molecule has 2 heterocycles. The van der Waals surface area contributed by atoms with Gasteiger partial charge >= 0.3 is 0 Å². The van der Waals surface area contributed by atoms with E-state index in [0.717, 1.165) is 0 Å². The predicted molar refractivity (Wildman–Crippen MR) is 49.6 cm³/mol. The van der Waals surface area contributed by atoms with E-state index in [1.165, 1.54) is 18.1 Å². The number of hydrogen-bond donors (Lipinski definition) is 1. The Labute approximate surface area is 86.4 Å². The van der Waals surface area contributed by atoms with Crippen molar-refractivity contribution >= 4 is 5.91 Å². The Morgan fingerprint density at radius 2 is 2.40 bits per heavy atom. The van der Waals surface area contributed by atoms with Crippen molar-refractivity contribution in [2.75, 3.05) is 20.2 Å². The number of hydrogen-bond acceptors (Lipinski definition) is 5. The SMILES string of the molecule is COc1cc(C(=O)N2CC(C)(O)C2)on1. The third-order valence-electron chi connectivity index (χ3n) is 2.26. The lowest BCUT2D eigenvalue weighted by atomic mass is 9.97. The van der Waals surface area contributed by atoms with Crippen LogP contribution < -0.4 is 4.74 Å². The number of methoxy groups -OCH3 is 1. The maximum absolute atomic E-state index is 11.7. The van der Waals surface area contributed by atoms with Crippen molar-refractivity contribution in [2.24, 2.45) is 0 Å². The molecule has 1 fully saturated rings. The van der Waals surface area contributed by atoms with Crippen LogP contribution in [0.2, 0.25) is 0 Å². The summed E-state index contributed by atoms with van der Waals surface area (Å²) in [6, 6.07) is 1.43. The number of aromatic nitrogens is 1. The van der Waals surface area contributed by atoms with Gasteiger partial charge in [0.2, 0.25) is 5.76 Å². The molecule has 0 spiro atoms. The van der Waals surface area contributed by atoms with Gasteiger partial charge in [-0.05, 0) is 12.1 Å². The molecule has 15 heavy (non-hydrogen) atoms. The highest BCUT2D eigenvalue weighted by molar-refractivity contribution is 5.92. The molecular formula is C9H12N2O4. The molecule has 0 saturated carbocycles. The van der Waals surface area contributed by atoms with Crippen molar-refractivity contribution in [1.82, 2.24) is 10.1 Å². The van der Waals surface area contributed by atoms with Gasteiger partial charge in [-0.2, -0.15) is 0 Å². The molecule has 0 atom stereocenters. The van der Waals surface area contributed by atoms with E-state index in [1.807, 2.05) is 0 Å². The number of likely N-dealkylation sites (tertiary alicyclic amines) is 1. The van der Waals surface area contributed by atoms with Crippen molar-refractivity contribution in [2.45, 2.75) is 12.5 Å². The van der Waals surface area contributed by atoms with E-state index < -0.39 is 5.60 Å². The largest absolute Gasteiger partial charge is 0.479 e. The standard InChI is InChI=1S/C9H12N2O4/c1-9(13)4-11(5-9)8(12)6-3-7(14-2)10-15-6/h3,13H,4-5H2,1-2H3. The Morgan fingerprint density at radius 1 is 1.73 bits per heavy atom. The van der Waals surface area contributed by atoms with Crippen LogP contribution in [0.5, 0.6) is 5.88 Å². The Hall–Kier alpha value is -1.56. The normalized spacial score (nSPS) is 18.5. The van der Waals surface area contributed by atoms with Crippen LogP contribution in [-0.2, 0) is 0 Å². The number of aliphatic hydroxyl groups is 1. The van der Waals surface area contributed by atoms with E-state index in [4.69, 9.17) is 9.26 Å². The second-order valence-electron chi connectivity index (χ2n) is 3.89. The summed E-state index contributed by atoms with van der Waals surface area (Å²) in [7, 11) is 1.44. The first-order valence-corrected chi connectivity index (χ1v) is 4.54. The lowest BCUT2D eigenvalue weighted by Gasteiger charge is -2.43. The molecule has 1 aromatic heterocycles. The minimum atomic E-state index is -0.778. The van der Waals surface area contributed by atoms with Crippen molar-refractivity contribution in [1.29, 1.82) is 0 Å². The van der Waals surface area contributed by atoms with Crippen LogP contribution in [0.1, 0.15) is 17.5 Å². The summed E-state index contributed by atoms with van der Waals surface area (Å²) in [6.45, 7) is 2.31. The third-order valence-corrected chi connectivity index (χ3v) is 2.26. The van der Waals surface area contributed by atoms with Crippen LogP contribution in [-0.4, -0.2) is 46.9 Å². The number of β-amino-alcohol motifs (C(OH)–C–C–N with tert-alkyl or cyclic N) is 1. The van der Waals surface area contributed by atoms with Crippen molar-refractivity contribution in [3.63, 3.8) is 0 Å². The van der Waals surface area contributed by atoms with Crippen molar-refractivity contribution < 1.29 is 19.2 Å². The minimum absolute atomic E-state index is 0.127. The molecule has 0 radical (unpaired) electrons. The van der Waals surface area contributed by atoms with Gasteiger partial charge in [0.15, 0.2) is 0 Å². The highest BCUT2D eigenvalue weighted by Gasteiger charge is 2.40.